The zero-order chi connectivity index (χ0) is 25.4. The van der Waals surface area contributed by atoms with Crippen LogP contribution in [0.1, 0.15) is 104 Å². The number of sulfonamides is 1. The van der Waals surface area contributed by atoms with E-state index in [1.165, 1.54) is 51.4 Å². The van der Waals surface area contributed by atoms with Crippen LogP contribution in [-0.2, 0) is 10.0 Å². The molecule has 5 aliphatic rings. The molecule has 2 aliphatic heterocycles. The summed E-state index contributed by atoms with van der Waals surface area (Å²) in [6.07, 6.45) is 15.6. The van der Waals surface area contributed by atoms with E-state index in [1.807, 2.05) is 4.31 Å². The highest BCUT2D eigenvalue weighted by atomic mass is 32.2. The van der Waals surface area contributed by atoms with Crippen LogP contribution in [0.15, 0.2) is 0 Å². The second kappa shape index (κ2) is 11.5. The summed E-state index contributed by atoms with van der Waals surface area (Å²) in [6.45, 7) is 9.71. The van der Waals surface area contributed by atoms with Crippen molar-refractivity contribution in [1.29, 1.82) is 0 Å². The largest absolute Gasteiger partial charge is 0.395 e. The summed E-state index contributed by atoms with van der Waals surface area (Å²) >= 11 is 0. The van der Waals surface area contributed by atoms with Crippen LogP contribution < -0.4 is 0 Å². The number of hydrogen-bond acceptors (Lipinski definition) is 4. The quantitative estimate of drug-likeness (QED) is 0.516. The highest BCUT2D eigenvalue weighted by Gasteiger charge is 2.53. The van der Waals surface area contributed by atoms with Crippen LogP contribution in [0.25, 0.3) is 0 Å². The van der Waals surface area contributed by atoms with Gasteiger partial charge in [0.15, 0.2) is 0 Å². The molecular weight excluding hydrogens is 468 g/mol. The van der Waals surface area contributed by atoms with E-state index in [0.29, 0.717) is 31.0 Å². The van der Waals surface area contributed by atoms with Crippen molar-refractivity contribution in [3.8, 4) is 0 Å². The van der Waals surface area contributed by atoms with Gasteiger partial charge in [0.1, 0.15) is 0 Å². The Hall–Kier alpha value is -0.170. The molecule has 6 unspecified atom stereocenters. The molecule has 0 aromatic carbocycles. The highest BCUT2D eigenvalue weighted by Crippen LogP contribution is 2.50. The van der Waals surface area contributed by atoms with Crippen molar-refractivity contribution in [1.82, 2.24) is 9.21 Å². The summed E-state index contributed by atoms with van der Waals surface area (Å²) in [4.78, 5) is 2.49. The van der Waals surface area contributed by atoms with E-state index in [9.17, 15) is 13.5 Å². The van der Waals surface area contributed by atoms with Gasteiger partial charge in [-0.2, -0.15) is 0 Å². The summed E-state index contributed by atoms with van der Waals surface area (Å²) in [5, 5.41) is 10.2. The monoisotopic (exact) mass is 522 g/mol. The third-order valence-electron chi connectivity index (χ3n) is 11.9. The summed E-state index contributed by atoms with van der Waals surface area (Å²) in [5.74, 6) is 4.89. The van der Waals surface area contributed by atoms with Gasteiger partial charge in [0.05, 0.1) is 11.9 Å². The zero-order valence-corrected chi connectivity index (χ0v) is 24.2. The van der Waals surface area contributed by atoms with Crippen molar-refractivity contribution < 1.29 is 13.5 Å². The Morgan fingerprint density at radius 3 is 2.14 bits per heavy atom. The fourth-order valence-electron chi connectivity index (χ4n) is 9.53. The van der Waals surface area contributed by atoms with Gasteiger partial charge in [-0.15, -0.1) is 0 Å². The molecule has 3 aliphatic carbocycles. The third kappa shape index (κ3) is 5.19. The maximum Gasteiger partial charge on any atom is 0.217 e. The van der Waals surface area contributed by atoms with Crippen LogP contribution in [0.5, 0.6) is 0 Å². The van der Waals surface area contributed by atoms with Crippen molar-refractivity contribution >= 4 is 10.0 Å². The van der Waals surface area contributed by atoms with Crippen LogP contribution in [0.2, 0.25) is 0 Å². The molecule has 0 bridgehead atoms. The molecule has 0 spiro atoms. The number of rotatable bonds is 5. The third-order valence-corrected chi connectivity index (χ3v) is 14.4. The van der Waals surface area contributed by atoms with Gasteiger partial charge in [0.2, 0.25) is 10.0 Å². The smallest absolute Gasteiger partial charge is 0.217 e. The lowest BCUT2D eigenvalue weighted by Crippen LogP contribution is -2.71. The summed E-state index contributed by atoms with van der Waals surface area (Å²) in [6, 6.07) is 0.535. The minimum absolute atomic E-state index is 0.193. The molecule has 0 radical (unpaired) electrons. The van der Waals surface area contributed by atoms with Gasteiger partial charge >= 0.3 is 0 Å². The van der Waals surface area contributed by atoms with E-state index in [-0.39, 0.29) is 23.8 Å². The van der Waals surface area contributed by atoms with E-state index >= 15 is 0 Å². The molecule has 2 heterocycles. The number of hydrogen-bond donors (Lipinski definition) is 1. The molecule has 5 nitrogen and oxygen atoms in total. The molecule has 1 N–H and O–H groups in total. The normalized spacial score (nSPS) is 45.8. The topological polar surface area (TPSA) is 60.9 Å². The average Bonchev–Trinajstić information content (AvgIpc) is 2.85. The van der Waals surface area contributed by atoms with Gasteiger partial charge in [-0.1, -0.05) is 46.5 Å². The van der Waals surface area contributed by atoms with Crippen LogP contribution in [0, 0.1) is 41.4 Å². The number of aliphatic hydroxyl groups excluding tert-OH is 1. The van der Waals surface area contributed by atoms with Crippen molar-refractivity contribution in [3.05, 3.63) is 0 Å². The van der Waals surface area contributed by atoms with Crippen molar-refractivity contribution in [2.75, 3.05) is 26.2 Å². The van der Waals surface area contributed by atoms with Gasteiger partial charge < -0.3 is 5.11 Å². The van der Waals surface area contributed by atoms with Gasteiger partial charge in [-0.3, -0.25) is 4.90 Å². The van der Waals surface area contributed by atoms with Crippen LogP contribution in [-0.4, -0.2) is 66.3 Å². The Balaban J connectivity index is 1.27. The summed E-state index contributed by atoms with van der Waals surface area (Å²) in [7, 11) is -3.27. The minimum atomic E-state index is -3.27. The number of fused-ring (bicyclic) bond motifs is 1. The standard InChI is InChI=1S/C30H54N2O3S/c1-21-10-8-11-26(23(21)3)24-13-15-25(16-14-24)30-27-19-31(17-6-7-18-32(27)28(30)20-33)36(34,35)29-12-5-4-9-22(29)2/h21-30,33H,4-20H2,1-3H3/t21?,22?,23?,24?,25?,26?,27?,28-,29?,30+/m1/s1. The Labute approximate surface area is 221 Å². The predicted octanol–water partition coefficient (Wildman–Crippen LogP) is 5.53. The molecule has 8 atom stereocenters. The van der Waals surface area contributed by atoms with Crippen molar-refractivity contribution in [2.24, 2.45) is 41.4 Å². The maximum atomic E-state index is 13.9. The molecule has 208 valence electrons. The van der Waals surface area contributed by atoms with Crippen LogP contribution in [0.3, 0.4) is 0 Å². The molecule has 0 aromatic heterocycles. The Kier molecular flexibility index (Phi) is 8.77. The van der Waals surface area contributed by atoms with Crippen LogP contribution >= 0.6 is 0 Å². The van der Waals surface area contributed by atoms with E-state index in [1.54, 1.807) is 0 Å². The highest BCUT2D eigenvalue weighted by molar-refractivity contribution is 7.89. The molecule has 2 saturated heterocycles. The van der Waals surface area contributed by atoms with Gasteiger partial charge in [-0.05, 0) is 106 Å². The lowest BCUT2D eigenvalue weighted by molar-refractivity contribution is -0.123. The maximum absolute atomic E-state index is 13.9. The van der Waals surface area contributed by atoms with Gasteiger partial charge in [0.25, 0.3) is 0 Å². The van der Waals surface area contributed by atoms with E-state index in [0.717, 1.165) is 62.3 Å². The Bertz CT molecular complexity index is 826. The molecule has 0 aromatic rings. The molecule has 0 amide bonds. The lowest BCUT2D eigenvalue weighted by Gasteiger charge is -2.60. The van der Waals surface area contributed by atoms with Crippen molar-refractivity contribution in [3.63, 3.8) is 0 Å². The predicted molar refractivity (Wildman–Crippen MR) is 147 cm³/mol. The molecule has 6 heteroatoms. The fourth-order valence-corrected chi connectivity index (χ4v) is 11.8. The SMILES string of the molecule is CC1CCCC(C2CCC([C@H]3C4CN(S(=O)(=O)C5CCCCC5C)CCCCN4[C@@H]3CO)CC2)C1C. The van der Waals surface area contributed by atoms with E-state index < -0.39 is 10.0 Å². The fraction of sp³-hybridized carbons (Fsp3) is 1.00. The first-order valence-electron chi connectivity index (χ1n) is 15.7. The Morgan fingerprint density at radius 1 is 0.750 bits per heavy atom. The van der Waals surface area contributed by atoms with Gasteiger partial charge in [0, 0.05) is 25.2 Å². The van der Waals surface area contributed by atoms with E-state index in [2.05, 4.69) is 25.7 Å². The van der Waals surface area contributed by atoms with Crippen LogP contribution in [0.4, 0.5) is 0 Å². The number of aliphatic hydroxyl groups is 1. The lowest BCUT2D eigenvalue weighted by atomic mass is 9.60. The Morgan fingerprint density at radius 2 is 1.42 bits per heavy atom. The molecule has 3 saturated carbocycles. The summed E-state index contributed by atoms with van der Waals surface area (Å²) in [5.41, 5.74) is 0. The second-order valence-electron chi connectivity index (χ2n) is 13.6. The van der Waals surface area contributed by atoms with Crippen molar-refractivity contribution in [2.45, 2.75) is 122 Å². The first kappa shape index (κ1) is 27.4. The molecule has 5 fully saturated rings. The van der Waals surface area contributed by atoms with Gasteiger partial charge in [-0.25, -0.2) is 12.7 Å². The molecule has 36 heavy (non-hydrogen) atoms. The minimum Gasteiger partial charge on any atom is -0.395 e. The second-order valence-corrected chi connectivity index (χ2v) is 15.8. The first-order chi connectivity index (χ1) is 17.3. The molecule has 5 rings (SSSR count). The average molecular weight is 523 g/mol. The number of nitrogens with zero attached hydrogens (tertiary/aromatic N) is 2. The summed E-state index contributed by atoms with van der Waals surface area (Å²) < 4.78 is 29.6. The first-order valence-corrected chi connectivity index (χ1v) is 17.2. The van der Waals surface area contributed by atoms with E-state index in [4.69, 9.17) is 0 Å². The zero-order valence-electron chi connectivity index (χ0n) is 23.4. The molecular formula is C30H54N2O3S.